The highest BCUT2D eigenvalue weighted by Crippen LogP contribution is 2.32. The first-order valence-corrected chi connectivity index (χ1v) is 5.39. The number of ketones is 1. The molecular formula is C13H16O4. The van der Waals surface area contributed by atoms with Crippen molar-refractivity contribution in [3.63, 3.8) is 0 Å². The number of carboxylic acids is 1. The number of aliphatic carboxylic acids is 1. The highest BCUT2D eigenvalue weighted by atomic mass is 16.5. The van der Waals surface area contributed by atoms with E-state index in [0.29, 0.717) is 11.3 Å². The van der Waals surface area contributed by atoms with E-state index < -0.39 is 17.7 Å². The number of rotatable bonds is 5. The lowest BCUT2D eigenvalue weighted by Gasteiger charge is -2.20. The predicted octanol–water partition coefficient (Wildman–Crippen LogP) is 2.09. The van der Waals surface area contributed by atoms with Crippen LogP contribution in [0.1, 0.15) is 25.3 Å². The van der Waals surface area contributed by atoms with Crippen LogP contribution in [0, 0.1) is 5.92 Å². The van der Waals surface area contributed by atoms with Gasteiger partial charge in [-0.1, -0.05) is 32.0 Å². The fourth-order valence-electron chi connectivity index (χ4n) is 1.86. The first kappa shape index (κ1) is 13.2. The summed E-state index contributed by atoms with van der Waals surface area (Å²) in [7, 11) is 1.50. The summed E-state index contributed by atoms with van der Waals surface area (Å²) in [5.74, 6) is -2.45. The Labute approximate surface area is 100 Å². The van der Waals surface area contributed by atoms with Crippen LogP contribution in [0.15, 0.2) is 24.3 Å². The number of benzene rings is 1. The minimum absolute atomic E-state index is 0.102. The van der Waals surface area contributed by atoms with Gasteiger partial charge in [0.1, 0.15) is 5.75 Å². The van der Waals surface area contributed by atoms with E-state index in [4.69, 9.17) is 9.84 Å². The number of carboxylic acid groups (broad SMARTS) is 1. The van der Waals surface area contributed by atoms with E-state index >= 15 is 0 Å². The van der Waals surface area contributed by atoms with Crippen LogP contribution in [0.4, 0.5) is 0 Å². The summed E-state index contributed by atoms with van der Waals surface area (Å²) in [4.78, 5) is 22.5. The molecule has 0 bridgehead atoms. The SMILES string of the molecule is COc1ccccc1C(C(=O)C(=O)O)C(C)C. The maximum Gasteiger partial charge on any atom is 0.372 e. The third kappa shape index (κ3) is 2.84. The summed E-state index contributed by atoms with van der Waals surface area (Å²) >= 11 is 0. The zero-order valence-corrected chi connectivity index (χ0v) is 10.1. The van der Waals surface area contributed by atoms with E-state index in [9.17, 15) is 9.59 Å². The van der Waals surface area contributed by atoms with Crippen LogP contribution < -0.4 is 4.74 Å². The third-order valence-electron chi connectivity index (χ3n) is 2.63. The molecule has 0 radical (unpaired) electrons. The van der Waals surface area contributed by atoms with Crippen molar-refractivity contribution in [2.75, 3.05) is 7.11 Å². The van der Waals surface area contributed by atoms with Gasteiger partial charge in [-0.3, -0.25) is 4.79 Å². The smallest absolute Gasteiger partial charge is 0.372 e. The molecule has 1 unspecified atom stereocenters. The molecule has 0 heterocycles. The van der Waals surface area contributed by atoms with Crippen LogP contribution in [0.5, 0.6) is 5.75 Å². The highest BCUT2D eigenvalue weighted by molar-refractivity contribution is 6.35. The molecular weight excluding hydrogens is 220 g/mol. The van der Waals surface area contributed by atoms with E-state index in [1.165, 1.54) is 7.11 Å². The molecule has 1 N–H and O–H groups in total. The number of hydrogen-bond donors (Lipinski definition) is 1. The Morgan fingerprint density at radius 3 is 2.29 bits per heavy atom. The molecule has 17 heavy (non-hydrogen) atoms. The van der Waals surface area contributed by atoms with E-state index in [2.05, 4.69) is 0 Å². The monoisotopic (exact) mass is 236 g/mol. The number of ether oxygens (including phenoxy) is 1. The maximum absolute atomic E-state index is 11.7. The quantitative estimate of drug-likeness (QED) is 0.795. The van der Waals surface area contributed by atoms with Crippen LogP contribution in [-0.2, 0) is 9.59 Å². The van der Waals surface area contributed by atoms with Gasteiger partial charge in [0.05, 0.1) is 13.0 Å². The second-order valence-electron chi connectivity index (χ2n) is 4.13. The molecule has 0 aromatic heterocycles. The summed E-state index contributed by atoms with van der Waals surface area (Å²) in [6, 6.07) is 7.00. The Kier molecular flexibility index (Phi) is 4.26. The van der Waals surface area contributed by atoms with Gasteiger partial charge in [-0.15, -0.1) is 0 Å². The van der Waals surface area contributed by atoms with Crippen LogP contribution in [-0.4, -0.2) is 24.0 Å². The molecule has 4 nitrogen and oxygen atoms in total. The lowest BCUT2D eigenvalue weighted by atomic mass is 9.84. The fourth-order valence-corrected chi connectivity index (χ4v) is 1.86. The van der Waals surface area contributed by atoms with Crippen molar-refractivity contribution < 1.29 is 19.4 Å². The van der Waals surface area contributed by atoms with Gasteiger partial charge >= 0.3 is 5.97 Å². The number of Topliss-reactive ketones (excluding diaryl/α,β-unsaturated/α-hetero) is 1. The summed E-state index contributed by atoms with van der Waals surface area (Å²) in [6.07, 6.45) is 0. The molecule has 0 aliphatic rings. The van der Waals surface area contributed by atoms with Gasteiger partial charge in [0.15, 0.2) is 0 Å². The second-order valence-corrected chi connectivity index (χ2v) is 4.13. The van der Waals surface area contributed by atoms with E-state index in [-0.39, 0.29) is 5.92 Å². The largest absolute Gasteiger partial charge is 0.496 e. The number of hydrogen-bond acceptors (Lipinski definition) is 3. The van der Waals surface area contributed by atoms with Crippen molar-refractivity contribution in [2.24, 2.45) is 5.92 Å². The topological polar surface area (TPSA) is 63.6 Å². The number of carbonyl (C=O) groups is 2. The molecule has 0 aliphatic heterocycles. The van der Waals surface area contributed by atoms with Crippen LogP contribution in [0.2, 0.25) is 0 Å². The number of methoxy groups -OCH3 is 1. The standard InChI is InChI=1S/C13H16O4/c1-8(2)11(12(14)13(15)16)9-6-4-5-7-10(9)17-3/h4-8,11H,1-3H3,(H,15,16). The van der Waals surface area contributed by atoms with Gasteiger partial charge in [-0.05, 0) is 12.0 Å². The van der Waals surface area contributed by atoms with Gasteiger partial charge in [0, 0.05) is 5.56 Å². The maximum atomic E-state index is 11.7. The van der Waals surface area contributed by atoms with Crippen molar-refractivity contribution in [2.45, 2.75) is 19.8 Å². The lowest BCUT2D eigenvalue weighted by molar-refractivity contribution is -0.150. The highest BCUT2D eigenvalue weighted by Gasteiger charge is 2.31. The Hall–Kier alpha value is -1.84. The van der Waals surface area contributed by atoms with Crippen LogP contribution in [0.3, 0.4) is 0 Å². The molecule has 1 aromatic rings. The second kappa shape index (κ2) is 5.48. The van der Waals surface area contributed by atoms with Crippen molar-refractivity contribution in [3.05, 3.63) is 29.8 Å². The minimum Gasteiger partial charge on any atom is -0.496 e. The zero-order valence-electron chi connectivity index (χ0n) is 10.1. The lowest BCUT2D eigenvalue weighted by Crippen LogP contribution is -2.26. The molecule has 0 saturated carbocycles. The molecule has 0 amide bonds. The van der Waals surface area contributed by atoms with Crippen molar-refractivity contribution in [1.29, 1.82) is 0 Å². The first-order valence-electron chi connectivity index (χ1n) is 5.39. The molecule has 1 aromatic carbocycles. The zero-order chi connectivity index (χ0) is 13.0. The fraction of sp³-hybridized carbons (Fsp3) is 0.385. The molecule has 92 valence electrons. The molecule has 0 aliphatic carbocycles. The van der Waals surface area contributed by atoms with Crippen LogP contribution in [0.25, 0.3) is 0 Å². The van der Waals surface area contributed by atoms with Gasteiger partial charge in [-0.2, -0.15) is 0 Å². The molecule has 0 fully saturated rings. The van der Waals surface area contributed by atoms with Gasteiger partial charge in [0.25, 0.3) is 0 Å². The Bertz CT molecular complexity index is 423. The summed E-state index contributed by atoms with van der Waals surface area (Å²) < 4.78 is 5.16. The first-order chi connectivity index (χ1) is 7.99. The van der Waals surface area contributed by atoms with Gasteiger partial charge in [-0.25, -0.2) is 4.79 Å². The van der Waals surface area contributed by atoms with E-state index in [1.54, 1.807) is 24.3 Å². The summed E-state index contributed by atoms with van der Waals surface area (Å²) in [6.45, 7) is 3.63. The third-order valence-corrected chi connectivity index (χ3v) is 2.63. The van der Waals surface area contributed by atoms with Gasteiger partial charge < -0.3 is 9.84 Å². The Morgan fingerprint density at radius 1 is 1.24 bits per heavy atom. The van der Waals surface area contributed by atoms with E-state index in [1.807, 2.05) is 13.8 Å². The van der Waals surface area contributed by atoms with Crippen molar-refractivity contribution in [1.82, 2.24) is 0 Å². The molecule has 1 rings (SSSR count). The van der Waals surface area contributed by atoms with Crippen molar-refractivity contribution >= 4 is 11.8 Å². The average molecular weight is 236 g/mol. The molecule has 4 heteroatoms. The van der Waals surface area contributed by atoms with Crippen LogP contribution >= 0.6 is 0 Å². The average Bonchev–Trinajstić information content (AvgIpc) is 2.29. The Morgan fingerprint density at radius 2 is 1.82 bits per heavy atom. The minimum atomic E-state index is -1.41. The summed E-state index contributed by atoms with van der Waals surface area (Å²) in [5.41, 5.74) is 0.623. The van der Waals surface area contributed by atoms with Gasteiger partial charge in [0.2, 0.25) is 5.78 Å². The molecule has 0 saturated heterocycles. The van der Waals surface area contributed by atoms with E-state index in [0.717, 1.165) is 0 Å². The van der Waals surface area contributed by atoms with Crippen molar-refractivity contribution in [3.8, 4) is 5.75 Å². The summed E-state index contributed by atoms with van der Waals surface area (Å²) in [5, 5.41) is 8.84. The number of carbonyl (C=O) groups excluding carboxylic acids is 1. The normalized spacial score (nSPS) is 12.2. The number of para-hydroxylation sites is 1. The Balaban J connectivity index is 3.23. The molecule has 1 atom stereocenters. The molecule has 0 spiro atoms. The predicted molar refractivity (Wildman–Crippen MR) is 63.2 cm³/mol.